The average molecular weight is 433 g/mol. The zero-order chi connectivity index (χ0) is 16.3. The van der Waals surface area contributed by atoms with E-state index in [-0.39, 0.29) is 17.6 Å². The summed E-state index contributed by atoms with van der Waals surface area (Å²) in [6.07, 6.45) is 0.615. The second-order valence-electron chi connectivity index (χ2n) is 5.21. The lowest BCUT2D eigenvalue weighted by Crippen LogP contribution is -2.26. The lowest BCUT2D eigenvalue weighted by atomic mass is 10.1. The van der Waals surface area contributed by atoms with Crippen LogP contribution in [0.5, 0.6) is 0 Å². The predicted molar refractivity (Wildman–Crippen MR) is 90.5 cm³/mol. The quantitative estimate of drug-likeness (QED) is 0.744. The van der Waals surface area contributed by atoms with E-state index >= 15 is 0 Å². The molecule has 2 aromatic rings. The lowest BCUT2D eigenvalue weighted by molar-refractivity contribution is 0.0948. The molecule has 1 amide bonds. The van der Waals surface area contributed by atoms with Crippen molar-refractivity contribution in [2.75, 3.05) is 6.54 Å². The van der Waals surface area contributed by atoms with Gasteiger partial charge in [-0.2, -0.15) is 5.10 Å². The highest BCUT2D eigenvalue weighted by Crippen LogP contribution is 2.25. The number of carbonyl (C=O) groups is 1. The number of nitrogens with zero attached hydrogens (tertiary/aromatic N) is 1. The van der Waals surface area contributed by atoms with Crippen molar-refractivity contribution in [1.29, 1.82) is 0 Å². The van der Waals surface area contributed by atoms with Crippen molar-refractivity contribution >= 4 is 37.8 Å². The fourth-order valence-electron chi connectivity index (χ4n) is 1.97. The van der Waals surface area contributed by atoms with Crippen molar-refractivity contribution < 1.29 is 9.18 Å². The second kappa shape index (κ2) is 7.37. The van der Waals surface area contributed by atoms with Crippen LogP contribution in [0.1, 0.15) is 41.5 Å². The Morgan fingerprint density at radius 3 is 2.73 bits per heavy atom. The van der Waals surface area contributed by atoms with E-state index in [2.05, 4.69) is 47.4 Å². The van der Waals surface area contributed by atoms with Crippen molar-refractivity contribution in [2.45, 2.75) is 26.2 Å². The summed E-state index contributed by atoms with van der Waals surface area (Å²) in [5, 5.41) is 9.73. The molecule has 4 nitrogen and oxygen atoms in total. The van der Waals surface area contributed by atoms with Gasteiger partial charge in [-0.05, 0) is 61.9 Å². The van der Waals surface area contributed by atoms with E-state index in [0.717, 1.165) is 11.3 Å². The minimum Gasteiger partial charge on any atom is -0.350 e. The molecule has 0 saturated carbocycles. The SMILES string of the molecule is CC(C)c1[nH]nc(C(=O)NCCc2ccc(F)c(Br)c2)c1Br. The normalized spacial score (nSPS) is 11.0. The first-order valence-corrected chi connectivity index (χ1v) is 8.44. The van der Waals surface area contributed by atoms with Crippen LogP contribution in [0, 0.1) is 5.82 Å². The van der Waals surface area contributed by atoms with Crippen LogP contribution >= 0.6 is 31.9 Å². The Balaban J connectivity index is 1.94. The number of amides is 1. The molecule has 1 aromatic heterocycles. The Morgan fingerprint density at radius 1 is 1.41 bits per heavy atom. The average Bonchev–Trinajstić information content (AvgIpc) is 2.84. The van der Waals surface area contributed by atoms with Gasteiger partial charge < -0.3 is 5.32 Å². The van der Waals surface area contributed by atoms with Gasteiger partial charge in [-0.15, -0.1) is 0 Å². The van der Waals surface area contributed by atoms with Crippen LogP contribution in [-0.2, 0) is 6.42 Å². The molecule has 0 bridgehead atoms. The summed E-state index contributed by atoms with van der Waals surface area (Å²) < 4.78 is 14.3. The second-order valence-corrected chi connectivity index (χ2v) is 6.86. The summed E-state index contributed by atoms with van der Waals surface area (Å²) in [5.74, 6) is -0.286. The molecule has 1 aromatic carbocycles. The molecule has 1 heterocycles. The maximum absolute atomic E-state index is 13.1. The van der Waals surface area contributed by atoms with Gasteiger partial charge in [-0.1, -0.05) is 19.9 Å². The fourth-order valence-corrected chi connectivity index (χ4v) is 3.22. The number of carbonyl (C=O) groups excluding carboxylic acids is 1. The molecule has 22 heavy (non-hydrogen) atoms. The summed E-state index contributed by atoms with van der Waals surface area (Å²) in [7, 11) is 0. The predicted octanol–water partition coefficient (Wildman–Crippen LogP) is 4.17. The minimum absolute atomic E-state index is 0.240. The Hall–Kier alpha value is -1.21. The van der Waals surface area contributed by atoms with Gasteiger partial charge in [0.1, 0.15) is 5.82 Å². The molecule has 0 fully saturated rings. The molecule has 0 aliphatic rings. The fraction of sp³-hybridized carbons (Fsp3) is 0.333. The molecular formula is C15H16Br2FN3O. The van der Waals surface area contributed by atoms with E-state index in [4.69, 9.17) is 0 Å². The lowest BCUT2D eigenvalue weighted by Gasteiger charge is -2.05. The number of H-pyrrole nitrogens is 1. The first-order chi connectivity index (χ1) is 10.4. The Kier molecular flexibility index (Phi) is 5.74. The van der Waals surface area contributed by atoms with Crippen LogP contribution < -0.4 is 5.32 Å². The van der Waals surface area contributed by atoms with Crippen LogP contribution in [0.4, 0.5) is 4.39 Å². The van der Waals surface area contributed by atoms with Gasteiger partial charge in [0.15, 0.2) is 5.69 Å². The van der Waals surface area contributed by atoms with Crippen molar-refractivity contribution in [3.63, 3.8) is 0 Å². The van der Waals surface area contributed by atoms with Crippen LogP contribution in [-0.4, -0.2) is 22.6 Å². The van der Waals surface area contributed by atoms with E-state index in [9.17, 15) is 9.18 Å². The third kappa shape index (κ3) is 3.95. The monoisotopic (exact) mass is 431 g/mol. The van der Waals surface area contributed by atoms with Gasteiger partial charge in [0.2, 0.25) is 0 Å². The van der Waals surface area contributed by atoms with Crippen LogP contribution in [0.15, 0.2) is 27.1 Å². The number of hydrogen-bond acceptors (Lipinski definition) is 2. The van der Waals surface area contributed by atoms with Crippen molar-refractivity contribution in [1.82, 2.24) is 15.5 Å². The standard InChI is InChI=1S/C15H16Br2FN3O/c1-8(2)13-12(17)14(21-20-13)15(22)19-6-5-9-3-4-11(18)10(16)7-9/h3-4,7-8H,5-6H2,1-2H3,(H,19,22)(H,20,21). The van der Waals surface area contributed by atoms with Gasteiger partial charge in [-0.3, -0.25) is 9.89 Å². The summed E-state index contributed by atoms with van der Waals surface area (Å²) >= 11 is 6.55. The molecule has 7 heteroatoms. The molecule has 0 saturated heterocycles. The molecule has 0 spiro atoms. The zero-order valence-electron chi connectivity index (χ0n) is 12.2. The maximum Gasteiger partial charge on any atom is 0.272 e. The van der Waals surface area contributed by atoms with Crippen molar-refractivity contribution in [3.05, 3.63) is 49.9 Å². The Bertz CT molecular complexity index is 685. The molecular weight excluding hydrogens is 417 g/mol. The zero-order valence-corrected chi connectivity index (χ0v) is 15.4. The number of aromatic amines is 1. The summed E-state index contributed by atoms with van der Waals surface area (Å²) in [5.41, 5.74) is 2.19. The summed E-state index contributed by atoms with van der Waals surface area (Å²) in [6, 6.07) is 4.82. The third-order valence-corrected chi connectivity index (χ3v) is 4.62. The van der Waals surface area contributed by atoms with Gasteiger partial charge in [0, 0.05) is 6.54 Å². The molecule has 118 valence electrons. The topological polar surface area (TPSA) is 57.8 Å². The highest BCUT2D eigenvalue weighted by Gasteiger charge is 2.18. The van der Waals surface area contributed by atoms with E-state index in [1.165, 1.54) is 6.07 Å². The number of nitrogens with one attached hydrogen (secondary N) is 2. The Morgan fingerprint density at radius 2 is 2.14 bits per heavy atom. The summed E-state index contributed by atoms with van der Waals surface area (Å²) in [4.78, 5) is 12.1. The highest BCUT2D eigenvalue weighted by molar-refractivity contribution is 9.10. The van der Waals surface area contributed by atoms with Crippen LogP contribution in [0.3, 0.4) is 0 Å². The third-order valence-electron chi connectivity index (χ3n) is 3.21. The van der Waals surface area contributed by atoms with Crippen molar-refractivity contribution in [3.8, 4) is 0 Å². The van der Waals surface area contributed by atoms with Gasteiger partial charge >= 0.3 is 0 Å². The molecule has 0 atom stereocenters. The van der Waals surface area contributed by atoms with Crippen LogP contribution in [0.2, 0.25) is 0 Å². The molecule has 0 unspecified atom stereocenters. The van der Waals surface area contributed by atoms with E-state index < -0.39 is 0 Å². The van der Waals surface area contributed by atoms with Gasteiger partial charge in [0.05, 0.1) is 14.6 Å². The number of hydrogen-bond donors (Lipinski definition) is 2. The molecule has 0 aliphatic heterocycles. The maximum atomic E-state index is 13.1. The summed E-state index contributed by atoms with van der Waals surface area (Å²) in [6.45, 7) is 4.49. The van der Waals surface area contributed by atoms with Crippen molar-refractivity contribution in [2.24, 2.45) is 0 Å². The first kappa shape index (κ1) is 17.1. The van der Waals surface area contributed by atoms with E-state index in [1.54, 1.807) is 12.1 Å². The molecule has 2 rings (SSSR count). The molecule has 0 aliphatic carbocycles. The first-order valence-electron chi connectivity index (χ1n) is 6.86. The number of aromatic nitrogens is 2. The minimum atomic E-state index is -0.297. The van der Waals surface area contributed by atoms with Gasteiger partial charge in [0.25, 0.3) is 5.91 Å². The Labute approximate surface area is 145 Å². The molecule has 2 N–H and O–H groups in total. The smallest absolute Gasteiger partial charge is 0.272 e. The van der Waals surface area contributed by atoms with E-state index in [0.29, 0.717) is 27.6 Å². The molecule has 0 radical (unpaired) electrons. The van der Waals surface area contributed by atoms with Gasteiger partial charge in [-0.25, -0.2) is 4.39 Å². The van der Waals surface area contributed by atoms with E-state index in [1.807, 2.05) is 13.8 Å². The van der Waals surface area contributed by atoms with Crippen LogP contribution in [0.25, 0.3) is 0 Å². The number of benzene rings is 1. The number of rotatable bonds is 5. The number of halogens is 3. The highest BCUT2D eigenvalue weighted by atomic mass is 79.9. The largest absolute Gasteiger partial charge is 0.350 e.